The number of hydrogen-bond donors (Lipinski definition) is 0. The van der Waals surface area contributed by atoms with Gasteiger partial charge in [-0.3, -0.25) is 0 Å². The first-order valence-corrected chi connectivity index (χ1v) is 4.14. The van der Waals surface area contributed by atoms with Crippen molar-refractivity contribution in [1.29, 1.82) is 0 Å². The third-order valence-electron chi connectivity index (χ3n) is 1.59. The van der Waals surface area contributed by atoms with Crippen LogP contribution in [0, 0.1) is 0 Å². The number of halogens is 1. The first kappa shape index (κ1) is 8.19. The summed E-state index contributed by atoms with van der Waals surface area (Å²) in [6.45, 7) is 0.669. The Balaban J connectivity index is 2.19. The van der Waals surface area contributed by atoms with E-state index in [1.54, 1.807) is 18.6 Å². The molecule has 2 aromatic heterocycles. The zero-order chi connectivity index (χ0) is 9.10. The number of aromatic nitrogens is 4. The monoisotopic (exact) mass is 194 g/mol. The van der Waals surface area contributed by atoms with E-state index in [0.717, 1.165) is 5.69 Å². The number of rotatable bonds is 2. The zero-order valence-electron chi connectivity index (χ0n) is 6.76. The summed E-state index contributed by atoms with van der Waals surface area (Å²) >= 11 is 5.71. The van der Waals surface area contributed by atoms with Gasteiger partial charge in [-0.25, -0.2) is 15.0 Å². The molecule has 5 heteroatoms. The van der Waals surface area contributed by atoms with Crippen LogP contribution in [-0.4, -0.2) is 19.5 Å². The van der Waals surface area contributed by atoms with Crippen molar-refractivity contribution in [3.05, 3.63) is 42.0 Å². The second-order valence-electron chi connectivity index (χ2n) is 2.57. The zero-order valence-corrected chi connectivity index (χ0v) is 7.52. The van der Waals surface area contributed by atoms with Crippen LogP contribution in [-0.2, 0) is 6.54 Å². The van der Waals surface area contributed by atoms with Crippen molar-refractivity contribution in [3.8, 4) is 0 Å². The van der Waals surface area contributed by atoms with Crippen molar-refractivity contribution in [2.24, 2.45) is 0 Å². The topological polar surface area (TPSA) is 43.6 Å². The van der Waals surface area contributed by atoms with Crippen LogP contribution < -0.4 is 0 Å². The van der Waals surface area contributed by atoms with Gasteiger partial charge in [0.25, 0.3) is 0 Å². The van der Waals surface area contributed by atoms with E-state index < -0.39 is 0 Å². The summed E-state index contributed by atoms with van der Waals surface area (Å²) in [7, 11) is 0. The molecule has 0 N–H and O–H groups in total. The van der Waals surface area contributed by atoms with Crippen molar-refractivity contribution < 1.29 is 0 Å². The fraction of sp³-hybridized carbons (Fsp3) is 0.125. The van der Waals surface area contributed by atoms with Crippen LogP contribution >= 0.6 is 11.6 Å². The normalized spacial score (nSPS) is 10.2. The first-order valence-electron chi connectivity index (χ1n) is 3.77. The van der Waals surface area contributed by atoms with Gasteiger partial charge in [-0.15, -0.1) is 0 Å². The third-order valence-corrected chi connectivity index (χ3v) is 1.80. The highest BCUT2D eigenvalue weighted by Gasteiger charge is 1.96. The molecule has 0 saturated carbocycles. The van der Waals surface area contributed by atoms with E-state index in [9.17, 15) is 0 Å². The predicted octanol–water partition coefficient (Wildman–Crippen LogP) is 1.37. The summed E-state index contributed by atoms with van der Waals surface area (Å²) in [6.07, 6.45) is 6.78. The predicted molar refractivity (Wildman–Crippen MR) is 48.4 cm³/mol. The lowest BCUT2D eigenvalue weighted by Crippen LogP contribution is -1.99. The van der Waals surface area contributed by atoms with Crippen LogP contribution in [0.15, 0.2) is 31.1 Å². The van der Waals surface area contributed by atoms with Crippen molar-refractivity contribution in [1.82, 2.24) is 19.5 Å². The summed E-state index contributed by atoms with van der Waals surface area (Å²) < 4.78 is 1.92. The van der Waals surface area contributed by atoms with Gasteiger partial charge in [0.15, 0.2) is 0 Å². The van der Waals surface area contributed by atoms with Gasteiger partial charge >= 0.3 is 0 Å². The fourth-order valence-corrected chi connectivity index (χ4v) is 1.19. The van der Waals surface area contributed by atoms with Crippen LogP contribution in [0.5, 0.6) is 0 Å². The summed E-state index contributed by atoms with van der Waals surface area (Å²) in [5, 5.41) is 0.463. The van der Waals surface area contributed by atoms with Crippen molar-refractivity contribution in [3.63, 3.8) is 0 Å². The molecular formula is C8H7ClN4. The molecule has 66 valence electrons. The molecule has 0 aliphatic rings. The van der Waals surface area contributed by atoms with Gasteiger partial charge in [0.05, 0.1) is 18.6 Å². The quantitative estimate of drug-likeness (QED) is 0.679. The second-order valence-corrected chi connectivity index (χ2v) is 2.95. The van der Waals surface area contributed by atoms with E-state index in [1.165, 1.54) is 6.33 Å². The van der Waals surface area contributed by atoms with Crippen LogP contribution in [0.3, 0.4) is 0 Å². The van der Waals surface area contributed by atoms with Gasteiger partial charge in [0, 0.05) is 12.4 Å². The maximum atomic E-state index is 5.71. The highest BCUT2D eigenvalue weighted by atomic mass is 35.5. The van der Waals surface area contributed by atoms with Gasteiger partial charge in [-0.05, 0) is 6.07 Å². The highest BCUT2D eigenvalue weighted by Crippen LogP contribution is 2.05. The average molecular weight is 195 g/mol. The van der Waals surface area contributed by atoms with E-state index >= 15 is 0 Å². The average Bonchev–Trinajstić information content (AvgIpc) is 2.57. The van der Waals surface area contributed by atoms with Gasteiger partial charge in [-0.2, -0.15) is 0 Å². The summed E-state index contributed by atoms with van der Waals surface area (Å²) in [5.74, 6) is 0. The Kier molecular flexibility index (Phi) is 2.23. The minimum absolute atomic E-state index is 0.463. The molecule has 0 aliphatic carbocycles. The Hall–Kier alpha value is -1.42. The molecule has 13 heavy (non-hydrogen) atoms. The molecule has 0 aromatic carbocycles. The lowest BCUT2D eigenvalue weighted by Gasteiger charge is -2.00. The minimum Gasteiger partial charge on any atom is -0.331 e. The van der Waals surface area contributed by atoms with Gasteiger partial charge in [-0.1, -0.05) is 11.6 Å². The van der Waals surface area contributed by atoms with Crippen LogP contribution in [0.25, 0.3) is 0 Å². The molecule has 0 aliphatic heterocycles. The Bertz CT molecular complexity index is 385. The van der Waals surface area contributed by atoms with E-state index in [0.29, 0.717) is 11.7 Å². The molecule has 4 nitrogen and oxygen atoms in total. The van der Waals surface area contributed by atoms with Crippen molar-refractivity contribution >= 4 is 11.6 Å². The molecule has 0 fully saturated rings. The van der Waals surface area contributed by atoms with E-state index in [-0.39, 0.29) is 0 Å². The lowest BCUT2D eigenvalue weighted by atomic mass is 10.4. The summed E-state index contributed by atoms with van der Waals surface area (Å²) in [4.78, 5) is 11.8. The van der Waals surface area contributed by atoms with Crippen LogP contribution in [0.2, 0.25) is 5.15 Å². The van der Waals surface area contributed by atoms with E-state index in [4.69, 9.17) is 11.6 Å². The SMILES string of the molecule is Clc1cc(Cn2ccnc2)ncn1. The van der Waals surface area contributed by atoms with Gasteiger partial charge < -0.3 is 4.57 Å². The van der Waals surface area contributed by atoms with Crippen LogP contribution in [0.1, 0.15) is 5.69 Å². The molecule has 0 spiro atoms. The molecular weight excluding hydrogens is 188 g/mol. The molecule has 0 atom stereocenters. The van der Waals surface area contributed by atoms with Gasteiger partial charge in [0.1, 0.15) is 11.5 Å². The van der Waals surface area contributed by atoms with Gasteiger partial charge in [0.2, 0.25) is 0 Å². The standard InChI is InChI=1S/C8H7ClN4/c9-8-3-7(11-5-12-8)4-13-2-1-10-6-13/h1-3,5-6H,4H2. The van der Waals surface area contributed by atoms with E-state index in [2.05, 4.69) is 15.0 Å². The first-order chi connectivity index (χ1) is 6.34. The molecule has 0 radical (unpaired) electrons. The summed E-state index contributed by atoms with van der Waals surface area (Å²) in [5.41, 5.74) is 0.873. The smallest absolute Gasteiger partial charge is 0.132 e. The van der Waals surface area contributed by atoms with Crippen LogP contribution in [0.4, 0.5) is 0 Å². The molecule has 2 heterocycles. The summed E-state index contributed by atoms with van der Waals surface area (Å²) in [6, 6.07) is 1.74. The Labute approximate surface area is 80.2 Å². The largest absolute Gasteiger partial charge is 0.331 e. The lowest BCUT2D eigenvalue weighted by molar-refractivity contribution is 0.768. The Morgan fingerprint density at radius 2 is 2.31 bits per heavy atom. The fourth-order valence-electron chi connectivity index (χ4n) is 1.02. The number of nitrogens with zero attached hydrogens (tertiary/aromatic N) is 4. The minimum atomic E-state index is 0.463. The van der Waals surface area contributed by atoms with E-state index in [1.807, 2.05) is 10.8 Å². The molecule has 0 amide bonds. The van der Waals surface area contributed by atoms with Crippen molar-refractivity contribution in [2.45, 2.75) is 6.54 Å². The molecule has 0 saturated heterocycles. The Morgan fingerprint density at radius 3 is 3.00 bits per heavy atom. The second kappa shape index (κ2) is 3.53. The molecule has 0 unspecified atom stereocenters. The van der Waals surface area contributed by atoms with Crippen molar-refractivity contribution in [2.75, 3.05) is 0 Å². The molecule has 0 bridgehead atoms. The molecule has 2 rings (SSSR count). The Morgan fingerprint density at radius 1 is 1.38 bits per heavy atom. The highest BCUT2D eigenvalue weighted by molar-refractivity contribution is 6.29. The number of hydrogen-bond acceptors (Lipinski definition) is 3. The third kappa shape index (κ3) is 2.03. The maximum Gasteiger partial charge on any atom is 0.132 e. The number of imidazole rings is 1. The molecule has 2 aromatic rings. The maximum absolute atomic E-state index is 5.71.